The zero-order chi connectivity index (χ0) is 20.7. The average molecular weight is 391 g/mol. The van der Waals surface area contributed by atoms with Crippen LogP contribution in [0.5, 0.6) is 0 Å². The van der Waals surface area contributed by atoms with E-state index in [1.165, 1.54) is 45.1 Å². The van der Waals surface area contributed by atoms with Crippen LogP contribution in [0.15, 0.2) is 12.2 Å². The fourth-order valence-electron chi connectivity index (χ4n) is 7.02. The summed E-state index contributed by atoms with van der Waals surface area (Å²) in [6.45, 7) is 15.0. The van der Waals surface area contributed by atoms with E-state index in [0.717, 1.165) is 19.3 Å². The van der Waals surface area contributed by atoms with Crippen LogP contribution in [0.4, 0.5) is 0 Å². The van der Waals surface area contributed by atoms with Gasteiger partial charge < -0.3 is 9.47 Å². The molecule has 158 valence electrons. The first-order valence-corrected chi connectivity index (χ1v) is 11.1. The van der Waals surface area contributed by atoms with E-state index in [9.17, 15) is 9.59 Å². The number of hydrogen-bond acceptors (Lipinski definition) is 4. The average Bonchev–Trinajstić information content (AvgIpc) is 2.91. The van der Waals surface area contributed by atoms with Crippen LogP contribution >= 0.6 is 0 Å². The van der Waals surface area contributed by atoms with Crippen LogP contribution in [0.1, 0.15) is 79.6 Å². The molecular formula is C24H38O4. The van der Waals surface area contributed by atoms with Gasteiger partial charge in [-0.2, -0.15) is 0 Å². The predicted octanol–water partition coefficient (Wildman–Crippen LogP) is 5.31. The maximum atomic E-state index is 11.5. The fourth-order valence-corrected chi connectivity index (χ4v) is 7.02. The van der Waals surface area contributed by atoms with Gasteiger partial charge in [0, 0.05) is 19.8 Å². The third-order valence-electron chi connectivity index (χ3n) is 8.78. The van der Waals surface area contributed by atoms with Gasteiger partial charge in [0.05, 0.1) is 6.61 Å². The van der Waals surface area contributed by atoms with E-state index in [4.69, 9.17) is 9.47 Å². The van der Waals surface area contributed by atoms with Gasteiger partial charge in [-0.15, -0.1) is 0 Å². The van der Waals surface area contributed by atoms with Crippen LogP contribution < -0.4 is 0 Å². The van der Waals surface area contributed by atoms with Crippen molar-refractivity contribution >= 4 is 11.9 Å². The SMILES string of the molecule is C=C1CCC2[C@@H](C)C([C@@]3(C)CC[C@H](OC(C)=O)C[C@@H]3COC(C)=O)CC[C@]12C. The van der Waals surface area contributed by atoms with E-state index >= 15 is 0 Å². The first-order valence-electron chi connectivity index (χ1n) is 11.1. The number of ether oxygens (including phenoxy) is 2. The molecule has 4 heteroatoms. The van der Waals surface area contributed by atoms with Crippen molar-refractivity contribution in [3.8, 4) is 0 Å². The molecule has 3 fully saturated rings. The summed E-state index contributed by atoms with van der Waals surface area (Å²) in [5, 5.41) is 0. The third-order valence-corrected chi connectivity index (χ3v) is 8.78. The van der Waals surface area contributed by atoms with Crippen molar-refractivity contribution in [3.63, 3.8) is 0 Å². The van der Waals surface area contributed by atoms with E-state index in [1.807, 2.05) is 0 Å². The molecule has 0 saturated heterocycles. The smallest absolute Gasteiger partial charge is 0.302 e. The second kappa shape index (κ2) is 7.84. The number of allylic oxidation sites excluding steroid dienone is 1. The molecule has 28 heavy (non-hydrogen) atoms. The zero-order valence-electron chi connectivity index (χ0n) is 18.4. The molecule has 0 N–H and O–H groups in total. The summed E-state index contributed by atoms with van der Waals surface area (Å²) in [4.78, 5) is 23.0. The number of esters is 2. The van der Waals surface area contributed by atoms with Crippen molar-refractivity contribution in [1.29, 1.82) is 0 Å². The Morgan fingerprint density at radius 1 is 1.07 bits per heavy atom. The maximum absolute atomic E-state index is 11.5. The second-order valence-corrected chi connectivity index (χ2v) is 10.2. The molecule has 0 aromatic carbocycles. The molecule has 0 aromatic heterocycles. The van der Waals surface area contributed by atoms with E-state index in [-0.39, 0.29) is 29.4 Å². The van der Waals surface area contributed by atoms with Gasteiger partial charge in [0.15, 0.2) is 0 Å². The molecule has 0 aliphatic heterocycles. The predicted molar refractivity (Wildman–Crippen MR) is 109 cm³/mol. The molecule has 3 saturated carbocycles. The molecule has 2 unspecified atom stereocenters. The molecule has 4 nitrogen and oxygen atoms in total. The second-order valence-electron chi connectivity index (χ2n) is 10.2. The third kappa shape index (κ3) is 3.76. The molecular weight excluding hydrogens is 352 g/mol. The number of carbonyl (C=O) groups is 2. The monoisotopic (exact) mass is 390 g/mol. The number of hydrogen-bond donors (Lipinski definition) is 0. The fraction of sp³-hybridized carbons (Fsp3) is 0.833. The van der Waals surface area contributed by atoms with Crippen LogP contribution in [-0.2, 0) is 19.1 Å². The molecule has 0 amide bonds. The lowest BCUT2D eigenvalue weighted by atomic mass is 9.49. The molecule has 7 atom stereocenters. The molecule has 0 heterocycles. The van der Waals surface area contributed by atoms with E-state index in [2.05, 4.69) is 27.4 Å². The molecule has 3 aliphatic rings. The minimum atomic E-state index is -0.228. The summed E-state index contributed by atoms with van der Waals surface area (Å²) < 4.78 is 11.0. The van der Waals surface area contributed by atoms with Crippen molar-refractivity contribution < 1.29 is 19.1 Å². The van der Waals surface area contributed by atoms with Gasteiger partial charge in [-0.25, -0.2) is 0 Å². The first kappa shape index (κ1) is 21.4. The van der Waals surface area contributed by atoms with Crippen LogP contribution in [0.3, 0.4) is 0 Å². The van der Waals surface area contributed by atoms with Crippen LogP contribution in [-0.4, -0.2) is 24.6 Å². The Bertz CT molecular complexity index is 641. The highest BCUT2D eigenvalue weighted by Gasteiger charge is 2.55. The molecule has 3 aliphatic carbocycles. The molecule has 0 spiro atoms. The minimum Gasteiger partial charge on any atom is -0.466 e. The van der Waals surface area contributed by atoms with Gasteiger partial charge >= 0.3 is 11.9 Å². The van der Waals surface area contributed by atoms with Crippen molar-refractivity contribution in [2.24, 2.45) is 34.5 Å². The topological polar surface area (TPSA) is 52.6 Å². The Morgan fingerprint density at radius 2 is 1.79 bits per heavy atom. The summed E-state index contributed by atoms with van der Waals surface area (Å²) in [6, 6.07) is 0. The maximum Gasteiger partial charge on any atom is 0.302 e. The van der Waals surface area contributed by atoms with Crippen molar-refractivity contribution in [2.75, 3.05) is 6.61 Å². The lowest BCUT2D eigenvalue weighted by Gasteiger charge is -2.56. The van der Waals surface area contributed by atoms with Gasteiger partial charge in [-0.05, 0) is 73.5 Å². The summed E-state index contributed by atoms with van der Waals surface area (Å²) >= 11 is 0. The Balaban J connectivity index is 1.81. The van der Waals surface area contributed by atoms with Gasteiger partial charge in [-0.1, -0.05) is 32.9 Å². The Labute approximate surface area is 170 Å². The quantitative estimate of drug-likeness (QED) is 0.482. The first-order chi connectivity index (χ1) is 13.1. The Morgan fingerprint density at radius 3 is 2.43 bits per heavy atom. The summed E-state index contributed by atoms with van der Waals surface area (Å²) in [7, 11) is 0. The molecule has 0 aromatic rings. The van der Waals surface area contributed by atoms with Gasteiger partial charge in [0.2, 0.25) is 0 Å². The Hall–Kier alpha value is -1.32. The van der Waals surface area contributed by atoms with Crippen LogP contribution in [0.2, 0.25) is 0 Å². The van der Waals surface area contributed by atoms with Crippen LogP contribution in [0, 0.1) is 34.5 Å². The number of fused-ring (bicyclic) bond motifs is 1. The van der Waals surface area contributed by atoms with Gasteiger partial charge in [-0.3, -0.25) is 9.59 Å². The summed E-state index contributed by atoms with van der Waals surface area (Å²) in [5.41, 5.74) is 1.85. The highest BCUT2D eigenvalue weighted by atomic mass is 16.5. The highest BCUT2D eigenvalue weighted by Crippen LogP contribution is 2.63. The largest absolute Gasteiger partial charge is 0.466 e. The molecule has 0 bridgehead atoms. The number of rotatable bonds is 4. The van der Waals surface area contributed by atoms with Crippen LogP contribution in [0.25, 0.3) is 0 Å². The van der Waals surface area contributed by atoms with Gasteiger partial charge in [0.1, 0.15) is 6.10 Å². The van der Waals surface area contributed by atoms with Crippen molar-refractivity contribution in [3.05, 3.63) is 12.2 Å². The zero-order valence-corrected chi connectivity index (χ0v) is 18.4. The number of carbonyl (C=O) groups excluding carboxylic acids is 2. The van der Waals surface area contributed by atoms with Crippen molar-refractivity contribution in [1.82, 2.24) is 0 Å². The van der Waals surface area contributed by atoms with Crippen molar-refractivity contribution in [2.45, 2.75) is 85.7 Å². The standard InChI is InChI=1S/C24H38O4/c1-15-7-8-21-16(2)22(10-12-23(15,21)5)24(6)11-9-20(28-18(4)26)13-19(24)14-27-17(3)25/h16,19-22H,1,7-14H2,2-6H3/t16-,19-,20+,21?,22?,23-,24+/m1/s1. The normalized spacial score (nSPS) is 43.3. The van der Waals surface area contributed by atoms with E-state index < -0.39 is 0 Å². The lowest BCUT2D eigenvalue weighted by Crippen LogP contribution is -2.51. The van der Waals surface area contributed by atoms with E-state index in [1.54, 1.807) is 0 Å². The highest BCUT2D eigenvalue weighted by molar-refractivity contribution is 5.66. The van der Waals surface area contributed by atoms with Gasteiger partial charge in [0.25, 0.3) is 0 Å². The van der Waals surface area contributed by atoms with E-state index in [0.29, 0.717) is 29.8 Å². The lowest BCUT2D eigenvalue weighted by molar-refractivity contribution is -0.160. The molecule has 0 radical (unpaired) electrons. The summed E-state index contributed by atoms with van der Waals surface area (Å²) in [5.74, 6) is 1.73. The summed E-state index contributed by atoms with van der Waals surface area (Å²) in [6.07, 6.45) is 7.52. The minimum absolute atomic E-state index is 0.0541. The molecule has 3 rings (SSSR count). The Kier molecular flexibility index (Phi) is 5.99.